The first-order valence-corrected chi connectivity index (χ1v) is 7.56. The second-order valence-corrected chi connectivity index (χ2v) is 4.95. The molecule has 0 radical (unpaired) electrons. The zero-order valence-corrected chi connectivity index (χ0v) is 13.3. The summed E-state index contributed by atoms with van der Waals surface area (Å²) in [7, 11) is 1.54. The van der Waals surface area contributed by atoms with Crippen molar-refractivity contribution < 1.29 is 9.53 Å². The van der Waals surface area contributed by atoms with Crippen LogP contribution in [0.15, 0.2) is 18.2 Å². The summed E-state index contributed by atoms with van der Waals surface area (Å²) in [5, 5.41) is 2.93. The number of nitrogen functional groups attached to an aromatic ring is 1. The number of carbonyl (C=O) groups is 1. The Kier molecular flexibility index (Phi) is 7.61. The van der Waals surface area contributed by atoms with Gasteiger partial charge in [-0.2, -0.15) is 0 Å². The molecule has 0 atom stereocenters. The summed E-state index contributed by atoms with van der Waals surface area (Å²) in [6.07, 6.45) is 2.07. The largest absolute Gasteiger partial charge is 0.495 e. The number of nitrogens with two attached hydrogens (primary N) is 1. The summed E-state index contributed by atoms with van der Waals surface area (Å²) < 4.78 is 5.12. The molecule has 118 valence electrons. The molecule has 0 heterocycles. The van der Waals surface area contributed by atoms with Crippen molar-refractivity contribution >= 4 is 11.6 Å². The highest BCUT2D eigenvalue weighted by molar-refractivity contribution is 5.95. The molecule has 0 aliphatic carbocycles. The summed E-state index contributed by atoms with van der Waals surface area (Å²) in [6.45, 7) is 8.26. The van der Waals surface area contributed by atoms with E-state index < -0.39 is 0 Å². The highest BCUT2D eigenvalue weighted by Gasteiger charge is 2.08. The molecule has 1 amide bonds. The lowest BCUT2D eigenvalue weighted by Gasteiger charge is -2.17. The lowest BCUT2D eigenvalue weighted by molar-refractivity contribution is 0.0952. The number of unbranched alkanes of at least 4 members (excludes halogenated alkanes) is 1. The minimum absolute atomic E-state index is 0.0869. The van der Waals surface area contributed by atoms with Gasteiger partial charge in [0.15, 0.2) is 0 Å². The summed E-state index contributed by atoms with van der Waals surface area (Å²) in [4.78, 5) is 14.4. The molecule has 0 bridgehead atoms. The molecule has 5 heteroatoms. The molecule has 1 rings (SSSR count). The van der Waals surface area contributed by atoms with Gasteiger partial charge in [0.25, 0.3) is 5.91 Å². The van der Waals surface area contributed by atoms with Crippen LogP contribution in [-0.2, 0) is 0 Å². The third-order valence-electron chi connectivity index (χ3n) is 3.58. The average Bonchev–Trinajstić information content (AvgIpc) is 2.51. The molecule has 5 nitrogen and oxygen atoms in total. The van der Waals surface area contributed by atoms with Gasteiger partial charge in [-0.1, -0.05) is 13.8 Å². The molecule has 0 aliphatic heterocycles. The topological polar surface area (TPSA) is 67.6 Å². The molecule has 0 saturated carbocycles. The Hall–Kier alpha value is -1.75. The van der Waals surface area contributed by atoms with Crippen molar-refractivity contribution in [3.05, 3.63) is 23.8 Å². The summed E-state index contributed by atoms with van der Waals surface area (Å²) in [6, 6.07) is 5.07. The Morgan fingerprint density at radius 1 is 1.29 bits per heavy atom. The number of anilines is 1. The SMILES string of the molecule is CCN(CC)CCCCNC(=O)c1ccc(N)c(OC)c1. The van der Waals surface area contributed by atoms with Crippen LogP contribution in [0, 0.1) is 0 Å². The van der Waals surface area contributed by atoms with Crippen molar-refractivity contribution in [2.24, 2.45) is 0 Å². The van der Waals surface area contributed by atoms with Crippen LogP contribution >= 0.6 is 0 Å². The minimum atomic E-state index is -0.0869. The zero-order valence-electron chi connectivity index (χ0n) is 13.3. The number of nitrogens with zero attached hydrogens (tertiary/aromatic N) is 1. The molecule has 0 spiro atoms. The van der Waals surface area contributed by atoms with E-state index in [1.807, 2.05) is 0 Å². The molecule has 0 unspecified atom stereocenters. The normalized spacial score (nSPS) is 10.7. The summed E-state index contributed by atoms with van der Waals surface area (Å²) in [5.74, 6) is 0.445. The average molecular weight is 293 g/mol. The second kappa shape index (κ2) is 9.23. The fraction of sp³-hybridized carbons (Fsp3) is 0.562. The molecular formula is C16H27N3O2. The van der Waals surface area contributed by atoms with Crippen LogP contribution in [-0.4, -0.2) is 44.1 Å². The van der Waals surface area contributed by atoms with Crippen molar-refractivity contribution in [3.8, 4) is 5.75 Å². The van der Waals surface area contributed by atoms with Crippen molar-refractivity contribution in [1.29, 1.82) is 0 Å². The number of nitrogens with one attached hydrogen (secondary N) is 1. The van der Waals surface area contributed by atoms with Gasteiger partial charge >= 0.3 is 0 Å². The molecule has 0 aliphatic rings. The first kappa shape index (κ1) is 17.3. The number of hydrogen-bond donors (Lipinski definition) is 2. The predicted octanol–water partition coefficient (Wildman–Crippen LogP) is 2.13. The fourth-order valence-electron chi connectivity index (χ4n) is 2.16. The van der Waals surface area contributed by atoms with Crippen LogP contribution in [0.3, 0.4) is 0 Å². The maximum atomic E-state index is 12.0. The van der Waals surface area contributed by atoms with E-state index in [-0.39, 0.29) is 5.91 Å². The van der Waals surface area contributed by atoms with Crippen LogP contribution in [0.2, 0.25) is 0 Å². The second-order valence-electron chi connectivity index (χ2n) is 4.95. The van der Waals surface area contributed by atoms with Gasteiger partial charge < -0.3 is 20.7 Å². The van der Waals surface area contributed by atoms with Gasteiger partial charge in [0.1, 0.15) is 5.75 Å². The van der Waals surface area contributed by atoms with Gasteiger partial charge in [-0.15, -0.1) is 0 Å². The van der Waals surface area contributed by atoms with E-state index in [9.17, 15) is 4.79 Å². The van der Waals surface area contributed by atoms with Crippen LogP contribution in [0.5, 0.6) is 5.75 Å². The van der Waals surface area contributed by atoms with E-state index in [2.05, 4.69) is 24.1 Å². The number of amides is 1. The standard InChI is InChI=1S/C16H27N3O2/c1-4-19(5-2)11-7-6-10-18-16(20)13-8-9-14(17)15(12-13)21-3/h8-9,12H,4-7,10-11,17H2,1-3H3,(H,18,20). The fourth-order valence-corrected chi connectivity index (χ4v) is 2.16. The maximum absolute atomic E-state index is 12.0. The molecule has 0 saturated heterocycles. The Balaban J connectivity index is 2.34. The Morgan fingerprint density at radius 3 is 2.62 bits per heavy atom. The van der Waals surface area contributed by atoms with Crippen LogP contribution in [0.25, 0.3) is 0 Å². The lowest BCUT2D eigenvalue weighted by atomic mass is 10.1. The first-order valence-electron chi connectivity index (χ1n) is 7.56. The van der Waals surface area contributed by atoms with Gasteiger partial charge in [0, 0.05) is 12.1 Å². The van der Waals surface area contributed by atoms with Crippen LogP contribution < -0.4 is 15.8 Å². The minimum Gasteiger partial charge on any atom is -0.495 e. The van der Waals surface area contributed by atoms with Gasteiger partial charge in [-0.05, 0) is 50.7 Å². The Morgan fingerprint density at radius 2 is 2.00 bits per heavy atom. The number of hydrogen-bond acceptors (Lipinski definition) is 4. The van der Waals surface area contributed by atoms with Crippen LogP contribution in [0.1, 0.15) is 37.0 Å². The highest BCUT2D eigenvalue weighted by atomic mass is 16.5. The van der Waals surface area contributed by atoms with Crippen molar-refractivity contribution in [1.82, 2.24) is 10.2 Å². The van der Waals surface area contributed by atoms with E-state index in [1.54, 1.807) is 25.3 Å². The smallest absolute Gasteiger partial charge is 0.251 e. The van der Waals surface area contributed by atoms with E-state index >= 15 is 0 Å². The molecule has 0 aromatic heterocycles. The zero-order chi connectivity index (χ0) is 15.7. The predicted molar refractivity (Wildman–Crippen MR) is 86.8 cm³/mol. The van der Waals surface area contributed by atoms with Gasteiger partial charge in [0.2, 0.25) is 0 Å². The van der Waals surface area contributed by atoms with Crippen LogP contribution in [0.4, 0.5) is 5.69 Å². The summed E-state index contributed by atoms with van der Waals surface area (Å²) >= 11 is 0. The molecule has 1 aromatic rings. The molecule has 0 fully saturated rings. The van der Waals surface area contributed by atoms with Crippen molar-refractivity contribution in [2.45, 2.75) is 26.7 Å². The van der Waals surface area contributed by atoms with Gasteiger partial charge in [0.05, 0.1) is 12.8 Å². The highest BCUT2D eigenvalue weighted by Crippen LogP contribution is 2.21. The third kappa shape index (κ3) is 5.63. The quantitative estimate of drug-likeness (QED) is 0.540. The number of carbonyl (C=O) groups excluding carboxylic acids is 1. The number of benzene rings is 1. The van der Waals surface area contributed by atoms with Crippen molar-refractivity contribution in [2.75, 3.05) is 39.0 Å². The number of ether oxygens (including phenoxy) is 1. The third-order valence-corrected chi connectivity index (χ3v) is 3.58. The monoisotopic (exact) mass is 293 g/mol. The number of methoxy groups -OCH3 is 1. The molecule has 3 N–H and O–H groups in total. The molecular weight excluding hydrogens is 266 g/mol. The van der Waals surface area contributed by atoms with Crippen molar-refractivity contribution in [3.63, 3.8) is 0 Å². The van der Waals surface area contributed by atoms with Gasteiger partial charge in [-0.25, -0.2) is 0 Å². The molecule has 1 aromatic carbocycles. The maximum Gasteiger partial charge on any atom is 0.251 e. The first-order chi connectivity index (χ1) is 10.1. The van der Waals surface area contributed by atoms with E-state index in [1.165, 1.54) is 0 Å². The number of rotatable bonds is 9. The van der Waals surface area contributed by atoms with E-state index in [0.29, 0.717) is 23.5 Å². The Bertz CT molecular complexity index is 445. The summed E-state index contributed by atoms with van der Waals surface area (Å²) in [5.41, 5.74) is 6.84. The van der Waals surface area contributed by atoms with Gasteiger partial charge in [-0.3, -0.25) is 4.79 Å². The Labute approximate surface area is 127 Å². The molecule has 21 heavy (non-hydrogen) atoms. The lowest BCUT2D eigenvalue weighted by Crippen LogP contribution is -2.27. The van der Waals surface area contributed by atoms with E-state index in [0.717, 1.165) is 32.5 Å². The van der Waals surface area contributed by atoms with E-state index in [4.69, 9.17) is 10.5 Å².